The first kappa shape index (κ1) is 12.5. The summed E-state index contributed by atoms with van der Waals surface area (Å²) in [4.78, 5) is 10.5. The Kier molecular flexibility index (Phi) is 4.31. The van der Waals surface area contributed by atoms with Crippen molar-refractivity contribution in [3.8, 4) is 5.75 Å². The van der Waals surface area contributed by atoms with Crippen LogP contribution in [0.2, 0.25) is 0 Å². The van der Waals surface area contributed by atoms with Crippen LogP contribution in [0.15, 0.2) is 18.2 Å². The summed E-state index contributed by atoms with van der Waals surface area (Å²) in [7, 11) is 0. The molecule has 3 N–H and O–H groups in total. The lowest BCUT2D eigenvalue weighted by Gasteiger charge is -2.11. The highest BCUT2D eigenvalue weighted by Crippen LogP contribution is 2.19. The summed E-state index contributed by atoms with van der Waals surface area (Å²) >= 11 is 0. The smallest absolute Gasteiger partial charge is 0.320 e. The van der Waals surface area contributed by atoms with Gasteiger partial charge in [0.25, 0.3) is 0 Å². The van der Waals surface area contributed by atoms with E-state index in [0.717, 1.165) is 16.9 Å². The number of carbonyl (C=O) groups is 1. The van der Waals surface area contributed by atoms with Gasteiger partial charge in [-0.25, -0.2) is 0 Å². The molecular weight excluding hydrogens is 206 g/mol. The van der Waals surface area contributed by atoms with Gasteiger partial charge >= 0.3 is 5.97 Å². The molecule has 0 spiro atoms. The highest BCUT2D eigenvalue weighted by atomic mass is 16.5. The standard InChI is InChI=1S/C12H17NO3/c1-8-3-4-9(2)11(7-8)16-6-5-10(13)12(14)15/h3-4,7,10H,5-6,13H2,1-2H3,(H,14,15). The Balaban J connectivity index is 2.48. The molecule has 0 aliphatic heterocycles. The summed E-state index contributed by atoms with van der Waals surface area (Å²) in [6, 6.07) is 5.05. The van der Waals surface area contributed by atoms with E-state index in [1.54, 1.807) is 0 Å². The minimum Gasteiger partial charge on any atom is -0.493 e. The average Bonchev–Trinajstić information content (AvgIpc) is 2.22. The summed E-state index contributed by atoms with van der Waals surface area (Å²) < 4.78 is 5.50. The largest absolute Gasteiger partial charge is 0.493 e. The monoisotopic (exact) mass is 223 g/mol. The summed E-state index contributed by atoms with van der Waals surface area (Å²) in [5.74, 6) is -0.206. The fourth-order valence-electron chi connectivity index (χ4n) is 1.28. The molecule has 88 valence electrons. The lowest BCUT2D eigenvalue weighted by atomic mass is 10.1. The Bertz CT molecular complexity index is 377. The first-order valence-corrected chi connectivity index (χ1v) is 5.19. The van der Waals surface area contributed by atoms with Crippen molar-refractivity contribution >= 4 is 5.97 Å². The molecule has 0 heterocycles. The number of nitrogens with two attached hydrogens (primary N) is 1. The van der Waals surface area contributed by atoms with Crippen molar-refractivity contribution in [2.24, 2.45) is 5.73 Å². The fraction of sp³-hybridized carbons (Fsp3) is 0.417. The number of ether oxygens (including phenoxy) is 1. The van der Waals surface area contributed by atoms with Crippen molar-refractivity contribution < 1.29 is 14.6 Å². The molecule has 0 bridgehead atoms. The number of rotatable bonds is 5. The maximum atomic E-state index is 10.5. The lowest BCUT2D eigenvalue weighted by molar-refractivity contribution is -0.138. The maximum absolute atomic E-state index is 10.5. The van der Waals surface area contributed by atoms with E-state index in [1.165, 1.54) is 0 Å². The van der Waals surface area contributed by atoms with Crippen molar-refractivity contribution in [1.29, 1.82) is 0 Å². The molecular formula is C12H17NO3. The molecule has 1 aromatic rings. The predicted molar refractivity (Wildman–Crippen MR) is 61.6 cm³/mol. The number of aliphatic carboxylic acids is 1. The Morgan fingerprint density at radius 3 is 2.81 bits per heavy atom. The molecule has 1 atom stereocenters. The second-order valence-electron chi connectivity index (χ2n) is 3.85. The zero-order valence-electron chi connectivity index (χ0n) is 9.56. The molecule has 0 saturated carbocycles. The van der Waals surface area contributed by atoms with E-state index in [-0.39, 0.29) is 0 Å². The second-order valence-corrected chi connectivity index (χ2v) is 3.85. The molecule has 4 nitrogen and oxygen atoms in total. The van der Waals surface area contributed by atoms with E-state index in [1.807, 2.05) is 32.0 Å². The lowest BCUT2D eigenvalue weighted by Crippen LogP contribution is -2.31. The second kappa shape index (κ2) is 5.51. The Morgan fingerprint density at radius 1 is 1.50 bits per heavy atom. The number of carboxylic acid groups (broad SMARTS) is 1. The molecule has 4 heteroatoms. The molecule has 16 heavy (non-hydrogen) atoms. The first-order chi connectivity index (χ1) is 7.50. The topological polar surface area (TPSA) is 72.5 Å². The molecule has 0 amide bonds. The number of hydrogen-bond donors (Lipinski definition) is 2. The molecule has 0 saturated heterocycles. The van der Waals surface area contributed by atoms with E-state index < -0.39 is 12.0 Å². The summed E-state index contributed by atoms with van der Waals surface area (Å²) in [6.07, 6.45) is 0.308. The molecule has 0 fully saturated rings. The molecule has 1 rings (SSSR count). The van der Waals surface area contributed by atoms with Gasteiger partial charge in [-0.3, -0.25) is 4.79 Å². The summed E-state index contributed by atoms with van der Waals surface area (Å²) in [5.41, 5.74) is 7.52. The van der Waals surface area contributed by atoms with Crippen molar-refractivity contribution in [2.45, 2.75) is 26.3 Å². The van der Waals surface area contributed by atoms with E-state index in [0.29, 0.717) is 13.0 Å². The van der Waals surface area contributed by atoms with E-state index >= 15 is 0 Å². The maximum Gasteiger partial charge on any atom is 0.320 e. The number of aryl methyl sites for hydroxylation is 2. The van der Waals surface area contributed by atoms with Crippen LogP contribution in [-0.2, 0) is 4.79 Å². The zero-order chi connectivity index (χ0) is 12.1. The Morgan fingerprint density at radius 2 is 2.19 bits per heavy atom. The van der Waals surface area contributed by atoms with Gasteiger partial charge in [-0.2, -0.15) is 0 Å². The fourth-order valence-corrected chi connectivity index (χ4v) is 1.28. The highest BCUT2D eigenvalue weighted by molar-refractivity contribution is 5.72. The minimum atomic E-state index is -0.996. The van der Waals surface area contributed by atoms with Crippen molar-refractivity contribution in [1.82, 2.24) is 0 Å². The van der Waals surface area contributed by atoms with Gasteiger partial charge in [-0.15, -0.1) is 0 Å². The zero-order valence-corrected chi connectivity index (χ0v) is 9.56. The molecule has 0 aliphatic carbocycles. The van der Waals surface area contributed by atoms with Crippen LogP contribution < -0.4 is 10.5 Å². The average molecular weight is 223 g/mol. The minimum absolute atomic E-state index is 0.308. The van der Waals surface area contributed by atoms with Crippen LogP contribution >= 0.6 is 0 Å². The third-order valence-corrected chi connectivity index (χ3v) is 2.35. The quantitative estimate of drug-likeness (QED) is 0.793. The van der Waals surface area contributed by atoms with Crippen LogP contribution in [0.3, 0.4) is 0 Å². The molecule has 1 unspecified atom stereocenters. The van der Waals surface area contributed by atoms with Crippen molar-refractivity contribution in [3.05, 3.63) is 29.3 Å². The van der Waals surface area contributed by atoms with Crippen LogP contribution in [0.1, 0.15) is 17.5 Å². The van der Waals surface area contributed by atoms with Crippen LogP contribution in [0.25, 0.3) is 0 Å². The Hall–Kier alpha value is -1.55. The summed E-state index contributed by atoms with van der Waals surface area (Å²) in [5, 5.41) is 8.60. The third-order valence-electron chi connectivity index (χ3n) is 2.35. The van der Waals surface area contributed by atoms with Gasteiger partial charge in [0.05, 0.1) is 6.61 Å². The van der Waals surface area contributed by atoms with E-state index in [4.69, 9.17) is 15.6 Å². The third kappa shape index (κ3) is 3.55. The van der Waals surface area contributed by atoms with Gasteiger partial charge in [0.1, 0.15) is 11.8 Å². The number of hydrogen-bond acceptors (Lipinski definition) is 3. The van der Waals surface area contributed by atoms with Crippen LogP contribution in [0.4, 0.5) is 0 Å². The highest BCUT2D eigenvalue weighted by Gasteiger charge is 2.11. The van der Waals surface area contributed by atoms with Gasteiger partial charge in [0.15, 0.2) is 0 Å². The van der Waals surface area contributed by atoms with Gasteiger partial charge in [-0.05, 0) is 31.0 Å². The molecule has 1 aromatic carbocycles. The summed E-state index contributed by atoms with van der Waals surface area (Å²) in [6.45, 7) is 4.25. The van der Waals surface area contributed by atoms with Gasteiger partial charge in [0, 0.05) is 6.42 Å². The van der Waals surface area contributed by atoms with E-state index in [9.17, 15) is 4.79 Å². The SMILES string of the molecule is Cc1ccc(C)c(OCCC(N)C(=O)O)c1. The normalized spacial score (nSPS) is 12.2. The predicted octanol–water partition coefficient (Wildman–Crippen LogP) is 1.48. The van der Waals surface area contributed by atoms with Crippen LogP contribution in [0.5, 0.6) is 5.75 Å². The van der Waals surface area contributed by atoms with Gasteiger partial charge in [0.2, 0.25) is 0 Å². The van der Waals surface area contributed by atoms with Crippen molar-refractivity contribution in [3.63, 3.8) is 0 Å². The Labute approximate surface area is 95.0 Å². The van der Waals surface area contributed by atoms with Crippen LogP contribution in [0, 0.1) is 13.8 Å². The van der Waals surface area contributed by atoms with Gasteiger partial charge in [-0.1, -0.05) is 12.1 Å². The first-order valence-electron chi connectivity index (χ1n) is 5.19. The molecule has 0 aliphatic rings. The van der Waals surface area contributed by atoms with Crippen molar-refractivity contribution in [2.75, 3.05) is 6.61 Å². The molecule has 0 aromatic heterocycles. The number of carboxylic acids is 1. The van der Waals surface area contributed by atoms with Gasteiger partial charge < -0.3 is 15.6 Å². The molecule has 0 radical (unpaired) electrons. The van der Waals surface area contributed by atoms with Crippen LogP contribution in [-0.4, -0.2) is 23.7 Å². The number of benzene rings is 1. The van der Waals surface area contributed by atoms with E-state index in [2.05, 4.69) is 0 Å².